The smallest absolute Gasteiger partial charge is 0.227 e. The van der Waals surface area contributed by atoms with Crippen LogP contribution in [0.1, 0.15) is 0 Å². The molecule has 4 aromatic heterocycles. The number of aromatic nitrogens is 4. The van der Waals surface area contributed by atoms with Gasteiger partial charge in [0.15, 0.2) is 23.1 Å². The van der Waals surface area contributed by atoms with Crippen LogP contribution >= 0.6 is 11.3 Å². The number of thiophene rings is 1. The number of rotatable bonds is 4. The number of hydrogen-bond donors (Lipinski definition) is 0. The summed E-state index contributed by atoms with van der Waals surface area (Å²) >= 11 is 1.77. The lowest BCUT2D eigenvalue weighted by atomic mass is 10.0. The summed E-state index contributed by atoms with van der Waals surface area (Å²) in [6.07, 6.45) is 0. The van der Waals surface area contributed by atoms with Crippen molar-refractivity contribution in [3.8, 4) is 45.6 Å². The van der Waals surface area contributed by atoms with Crippen LogP contribution in [0.15, 0.2) is 154 Å². The molecule has 0 aliphatic rings. The van der Waals surface area contributed by atoms with E-state index in [1.165, 1.54) is 4.70 Å². The second-order valence-electron chi connectivity index (χ2n) is 12.6. The first-order chi connectivity index (χ1) is 25.2. The van der Waals surface area contributed by atoms with E-state index >= 15 is 0 Å². The molecular weight excluding hydrogens is 649 g/mol. The highest BCUT2D eigenvalue weighted by Gasteiger charge is 2.20. The zero-order chi connectivity index (χ0) is 33.5. The maximum Gasteiger partial charge on any atom is 0.227 e. The van der Waals surface area contributed by atoms with E-state index in [1.807, 2.05) is 97.1 Å². The zero-order valence-electron chi connectivity index (χ0n) is 26.9. The van der Waals surface area contributed by atoms with E-state index in [9.17, 15) is 0 Å². The summed E-state index contributed by atoms with van der Waals surface area (Å²) < 4.78 is 14.9. The van der Waals surface area contributed by atoms with Crippen LogP contribution in [0.25, 0.3) is 110 Å². The van der Waals surface area contributed by atoms with Crippen LogP contribution in [0.4, 0.5) is 0 Å². The van der Waals surface area contributed by atoms with Gasteiger partial charge in [0, 0.05) is 53.2 Å². The highest BCUT2D eigenvalue weighted by molar-refractivity contribution is 7.26. The topological polar surface area (TPSA) is 77.8 Å². The largest absolute Gasteiger partial charge is 0.456 e. The fraction of sp³-hybridized carbons (Fsp3) is 0. The van der Waals surface area contributed by atoms with Gasteiger partial charge in [-0.2, -0.15) is 0 Å². The normalized spacial score (nSPS) is 11.9. The van der Waals surface area contributed by atoms with E-state index in [1.54, 1.807) is 11.3 Å². The Morgan fingerprint density at radius 3 is 1.96 bits per heavy atom. The molecule has 0 amide bonds. The SMILES string of the molecule is c1ccc(-c2nc(-c3ccc4ccc5sc6ccc7oc(-c8ccccc8)nc7c6c5c4c3)nc(-c3cccc4oc5ccccc5c34)n2)cc1. The third kappa shape index (κ3) is 4.42. The third-order valence-corrected chi connectivity index (χ3v) is 10.7. The Hall–Kier alpha value is -6.70. The van der Waals surface area contributed by atoms with Crippen LogP contribution in [0, 0.1) is 0 Å². The Morgan fingerprint density at radius 1 is 0.412 bits per heavy atom. The van der Waals surface area contributed by atoms with Crippen LogP contribution in [-0.4, -0.2) is 19.9 Å². The van der Waals surface area contributed by atoms with Crippen molar-refractivity contribution in [2.45, 2.75) is 0 Å². The molecule has 7 aromatic carbocycles. The molecule has 7 heteroatoms. The molecule has 0 unspecified atom stereocenters. The van der Waals surface area contributed by atoms with Crippen LogP contribution < -0.4 is 0 Å². The van der Waals surface area contributed by atoms with E-state index < -0.39 is 0 Å². The molecule has 11 rings (SSSR count). The summed E-state index contributed by atoms with van der Waals surface area (Å²) in [6.45, 7) is 0. The van der Waals surface area contributed by atoms with Gasteiger partial charge in [0.05, 0.1) is 0 Å². The van der Waals surface area contributed by atoms with Gasteiger partial charge in [0.25, 0.3) is 0 Å². The number of hydrogen-bond acceptors (Lipinski definition) is 7. The van der Waals surface area contributed by atoms with Crippen molar-refractivity contribution in [1.29, 1.82) is 0 Å². The van der Waals surface area contributed by atoms with E-state index in [0.29, 0.717) is 23.4 Å². The van der Waals surface area contributed by atoms with E-state index in [0.717, 1.165) is 81.5 Å². The third-order valence-electron chi connectivity index (χ3n) is 9.57. The highest BCUT2D eigenvalue weighted by atomic mass is 32.1. The van der Waals surface area contributed by atoms with Gasteiger partial charge in [0.1, 0.15) is 16.7 Å². The van der Waals surface area contributed by atoms with E-state index in [2.05, 4.69) is 48.5 Å². The van der Waals surface area contributed by atoms with Crippen molar-refractivity contribution >= 4 is 75.3 Å². The molecule has 0 N–H and O–H groups in total. The fourth-order valence-corrected chi connectivity index (χ4v) is 8.33. The molecule has 0 fully saturated rings. The Bertz CT molecular complexity index is 3150. The first-order valence-electron chi connectivity index (χ1n) is 16.7. The monoisotopic (exact) mass is 672 g/mol. The van der Waals surface area contributed by atoms with Crippen molar-refractivity contribution in [3.05, 3.63) is 146 Å². The molecule has 0 radical (unpaired) electrons. The second kappa shape index (κ2) is 10.9. The molecule has 0 aliphatic carbocycles. The quantitative estimate of drug-likeness (QED) is 0.185. The molecule has 0 spiro atoms. The van der Waals surface area contributed by atoms with Crippen molar-refractivity contribution in [2.75, 3.05) is 0 Å². The van der Waals surface area contributed by atoms with Crippen LogP contribution in [0.5, 0.6) is 0 Å². The number of fused-ring (bicyclic) bond motifs is 10. The first kappa shape index (κ1) is 28.2. The Balaban J connectivity index is 1.16. The molecule has 0 atom stereocenters. The maximum absolute atomic E-state index is 6.31. The standard InChI is InChI=1S/C44H24N4O2S/c1-3-10-26(11-4-1)41-46-42(48-43(47-41)30-15-9-17-33-37(30)29-14-7-8-16-32(29)49-33)28-19-18-25-20-22-35-38(31(25)24-28)39-36(51-35)23-21-34-40(39)45-44(50-34)27-12-5-2-6-13-27/h1-24H. The number of para-hydroxylation sites is 1. The minimum atomic E-state index is 0.591. The second-order valence-corrected chi connectivity index (χ2v) is 13.7. The van der Waals surface area contributed by atoms with Crippen molar-refractivity contribution < 1.29 is 8.83 Å². The first-order valence-corrected chi connectivity index (χ1v) is 17.5. The summed E-state index contributed by atoms with van der Waals surface area (Å²) in [5, 5.41) is 6.50. The Labute approximate surface area is 294 Å². The fourth-order valence-electron chi connectivity index (χ4n) is 7.21. The number of benzene rings is 7. The highest BCUT2D eigenvalue weighted by Crippen LogP contribution is 2.44. The van der Waals surface area contributed by atoms with Crippen LogP contribution in [0.2, 0.25) is 0 Å². The van der Waals surface area contributed by atoms with E-state index in [4.69, 9.17) is 28.8 Å². The summed E-state index contributed by atoms with van der Waals surface area (Å²) in [4.78, 5) is 20.4. The minimum Gasteiger partial charge on any atom is -0.456 e. The van der Waals surface area contributed by atoms with Gasteiger partial charge in [-0.25, -0.2) is 19.9 Å². The van der Waals surface area contributed by atoms with Gasteiger partial charge in [-0.05, 0) is 59.3 Å². The van der Waals surface area contributed by atoms with E-state index in [-0.39, 0.29) is 0 Å². The lowest BCUT2D eigenvalue weighted by molar-refractivity contribution is 0.620. The van der Waals surface area contributed by atoms with Crippen LogP contribution in [0.3, 0.4) is 0 Å². The van der Waals surface area contributed by atoms with Crippen molar-refractivity contribution in [2.24, 2.45) is 0 Å². The number of furan rings is 1. The number of nitrogens with zero attached hydrogens (tertiary/aromatic N) is 4. The predicted molar refractivity (Wildman–Crippen MR) is 207 cm³/mol. The summed E-state index contributed by atoms with van der Waals surface area (Å²) in [5.74, 6) is 2.41. The Kier molecular flexibility index (Phi) is 6.02. The molecule has 51 heavy (non-hydrogen) atoms. The zero-order valence-corrected chi connectivity index (χ0v) is 27.7. The van der Waals surface area contributed by atoms with Crippen molar-refractivity contribution in [3.63, 3.8) is 0 Å². The lowest BCUT2D eigenvalue weighted by Gasteiger charge is -2.10. The lowest BCUT2D eigenvalue weighted by Crippen LogP contribution is -2.00. The summed E-state index contributed by atoms with van der Waals surface area (Å²) in [7, 11) is 0. The van der Waals surface area contributed by atoms with Gasteiger partial charge in [0.2, 0.25) is 5.89 Å². The van der Waals surface area contributed by atoms with Crippen LogP contribution in [-0.2, 0) is 0 Å². The van der Waals surface area contributed by atoms with Gasteiger partial charge in [-0.1, -0.05) is 97.1 Å². The molecule has 4 heterocycles. The molecule has 0 saturated carbocycles. The average molecular weight is 673 g/mol. The Morgan fingerprint density at radius 2 is 1.10 bits per heavy atom. The number of oxazole rings is 1. The van der Waals surface area contributed by atoms with Gasteiger partial charge in [-0.3, -0.25) is 0 Å². The predicted octanol–water partition coefficient (Wildman–Crippen LogP) is 12.1. The molecule has 6 nitrogen and oxygen atoms in total. The van der Waals surface area contributed by atoms with Crippen molar-refractivity contribution in [1.82, 2.24) is 19.9 Å². The molecule has 11 aromatic rings. The summed E-state index contributed by atoms with van der Waals surface area (Å²) in [5.41, 5.74) is 6.92. The molecule has 0 aliphatic heterocycles. The van der Waals surface area contributed by atoms with Gasteiger partial charge < -0.3 is 8.83 Å². The molecular formula is C44H24N4O2S. The summed E-state index contributed by atoms with van der Waals surface area (Å²) in [6, 6.07) is 49.3. The maximum atomic E-state index is 6.31. The molecule has 238 valence electrons. The van der Waals surface area contributed by atoms with Gasteiger partial charge >= 0.3 is 0 Å². The molecule has 0 saturated heterocycles. The van der Waals surface area contributed by atoms with Gasteiger partial charge in [-0.15, -0.1) is 11.3 Å². The average Bonchev–Trinajstić information content (AvgIpc) is 3.91. The minimum absolute atomic E-state index is 0.591. The molecule has 0 bridgehead atoms.